The van der Waals surface area contributed by atoms with Crippen LogP contribution in [0.15, 0.2) is 0 Å². The van der Waals surface area contributed by atoms with E-state index >= 15 is 0 Å². The average molecular weight is 214 g/mol. The molecule has 5 nitrogen and oxygen atoms in total. The number of carbonyl (C=O) groups is 2. The number of piperidine rings is 1. The number of nitrogens with zero attached hydrogens (tertiary/aromatic N) is 1. The van der Waals surface area contributed by atoms with E-state index < -0.39 is 0 Å². The van der Waals surface area contributed by atoms with Crippen LogP contribution in [-0.4, -0.2) is 36.6 Å². The maximum Gasteiger partial charge on any atom is 0.326 e. The molecule has 0 radical (unpaired) electrons. The van der Waals surface area contributed by atoms with Gasteiger partial charge in [-0.25, -0.2) is 0 Å². The van der Waals surface area contributed by atoms with E-state index in [1.165, 1.54) is 13.3 Å². The number of amides is 1. The molecule has 0 unspecified atom stereocenters. The van der Waals surface area contributed by atoms with Crippen LogP contribution >= 0.6 is 0 Å². The van der Waals surface area contributed by atoms with Gasteiger partial charge in [-0.3, -0.25) is 9.59 Å². The van der Waals surface area contributed by atoms with Crippen LogP contribution in [0.25, 0.3) is 0 Å². The number of carbonyl (C=O) groups excluding carboxylic acids is 2. The van der Waals surface area contributed by atoms with Crippen LogP contribution in [0.3, 0.4) is 0 Å². The van der Waals surface area contributed by atoms with Gasteiger partial charge in [-0.1, -0.05) is 6.42 Å². The van der Waals surface area contributed by atoms with E-state index in [9.17, 15) is 9.59 Å². The fourth-order valence-electron chi connectivity index (χ4n) is 1.49. The Bertz CT molecular complexity index is 225. The SMILES string of the molecule is CC(=O)NCCC(=O)ON1CCCCC1. The maximum atomic E-state index is 11.3. The smallest absolute Gasteiger partial charge is 0.326 e. The largest absolute Gasteiger partial charge is 0.368 e. The maximum absolute atomic E-state index is 11.3. The third-order valence-corrected chi connectivity index (χ3v) is 2.25. The van der Waals surface area contributed by atoms with Crippen LogP contribution in [0.4, 0.5) is 0 Å². The molecule has 1 aliphatic heterocycles. The molecule has 1 saturated heterocycles. The van der Waals surface area contributed by atoms with Gasteiger partial charge in [0.25, 0.3) is 0 Å². The first-order valence-electron chi connectivity index (χ1n) is 5.38. The summed E-state index contributed by atoms with van der Waals surface area (Å²) in [5.41, 5.74) is 0. The standard InChI is InChI=1S/C10H18N2O3/c1-9(13)11-6-5-10(14)15-12-7-3-2-4-8-12/h2-8H2,1H3,(H,11,13). The topological polar surface area (TPSA) is 58.6 Å². The fraction of sp³-hybridized carbons (Fsp3) is 0.800. The predicted octanol–water partition coefficient (Wildman–Crippen LogP) is 0.457. The molecule has 15 heavy (non-hydrogen) atoms. The van der Waals surface area contributed by atoms with Crippen molar-refractivity contribution in [2.45, 2.75) is 32.6 Å². The van der Waals surface area contributed by atoms with Crippen molar-refractivity contribution in [1.29, 1.82) is 0 Å². The van der Waals surface area contributed by atoms with Crippen molar-refractivity contribution in [1.82, 2.24) is 10.4 Å². The summed E-state index contributed by atoms with van der Waals surface area (Å²) in [5.74, 6) is -0.397. The summed E-state index contributed by atoms with van der Waals surface area (Å²) in [4.78, 5) is 26.9. The molecule has 0 aromatic carbocycles. The minimum atomic E-state index is -0.273. The zero-order valence-corrected chi connectivity index (χ0v) is 9.12. The van der Waals surface area contributed by atoms with Crippen molar-refractivity contribution in [2.75, 3.05) is 19.6 Å². The number of nitrogens with one attached hydrogen (secondary N) is 1. The Morgan fingerprint density at radius 1 is 1.27 bits per heavy atom. The van der Waals surface area contributed by atoms with Gasteiger partial charge in [0, 0.05) is 26.6 Å². The van der Waals surface area contributed by atoms with Crippen LogP contribution in [-0.2, 0) is 14.4 Å². The molecule has 0 saturated carbocycles. The number of hydroxylamine groups is 2. The van der Waals surface area contributed by atoms with Gasteiger partial charge in [0.2, 0.25) is 5.91 Å². The van der Waals surface area contributed by atoms with Crippen molar-refractivity contribution >= 4 is 11.9 Å². The lowest BCUT2D eigenvalue weighted by molar-refractivity contribution is -0.194. The zero-order chi connectivity index (χ0) is 11.1. The minimum Gasteiger partial charge on any atom is -0.368 e. The van der Waals surface area contributed by atoms with Crippen LogP contribution < -0.4 is 5.32 Å². The first kappa shape index (κ1) is 12.0. The van der Waals surface area contributed by atoms with Gasteiger partial charge in [0.05, 0.1) is 6.42 Å². The normalized spacial score (nSPS) is 17.1. The summed E-state index contributed by atoms with van der Waals surface area (Å²) in [7, 11) is 0. The second-order valence-corrected chi connectivity index (χ2v) is 3.69. The summed E-state index contributed by atoms with van der Waals surface area (Å²) < 4.78 is 0. The van der Waals surface area contributed by atoms with E-state index in [1.807, 2.05) is 0 Å². The second kappa shape index (κ2) is 6.40. The van der Waals surface area contributed by atoms with Gasteiger partial charge in [-0.2, -0.15) is 0 Å². The third-order valence-electron chi connectivity index (χ3n) is 2.25. The summed E-state index contributed by atoms with van der Waals surface area (Å²) in [5, 5.41) is 4.26. The quantitative estimate of drug-likeness (QED) is 0.738. The van der Waals surface area contributed by atoms with E-state index in [1.54, 1.807) is 5.06 Å². The molecule has 0 aromatic heterocycles. The Hall–Kier alpha value is -1.10. The monoisotopic (exact) mass is 214 g/mol. The highest BCUT2D eigenvalue weighted by Gasteiger charge is 2.14. The van der Waals surface area contributed by atoms with Crippen LogP contribution in [0.2, 0.25) is 0 Å². The number of hydrogen-bond donors (Lipinski definition) is 1. The summed E-state index contributed by atoms with van der Waals surface area (Å²) in [6.07, 6.45) is 3.61. The number of rotatable bonds is 4. The van der Waals surface area contributed by atoms with Gasteiger partial charge >= 0.3 is 5.97 Å². The molecule has 1 rings (SSSR count). The van der Waals surface area contributed by atoms with Crippen LogP contribution in [0, 0.1) is 0 Å². The molecule has 1 heterocycles. The lowest BCUT2D eigenvalue weighted by Gasteiger charge is -2.24. The highest BCUT2D eigenvalue weighted by Crippen LogP contribution is 2.09. The van der Waals surface area contributed by atoms with Gasteiger partial charge in [-0.15, -0.1) is 5.06 Å². The van der Waals surface area contributed by atoms with E-state index in [0.717, 1.165) is 25.9 Å². The van der Waals surface area contributed by atoms with E-state index in [-0.39, 0.29) is 18.3 Å². The highest BCUT2D eigenvalue weighted by atomic mass is 16.7. The Labute approximate surface area is 89.7 Å². The molecular weight excluding hydrogens is 196 g/mol. The average Bonchev–Trinajstić information content (AvgIpc) is 2.18. The molecule has 0 aliphatic carbocycles. The zero-order valence-electron chi connectivity index (χ0n) is 9.12. The van der Waals surface area contributed by atoms with Gasteiger partial charge in [0.1, 0.15) is 0 Å². The van der Waals surface area contributed by atoms with Crippen molar-refractivity contribution in [2.24, 2.45) is 0 Å². The molecule has 1 aliphatic rings. The molecule has 5 heteroatoms. The molecule has 86 valence electrons. The van der Waals surface area contributed by atoms with Crippen molar-refractivity contribution in [3.63, 3.8) is 0 Å². The molecular formula is C10H18N2O3. The van der Waals surface area contributed by atoms with Gasteiger partial charge in [0.15, 0.2) is 0 Å². The van der Waals surface area contributed by atoms with E-state index in [0.29, 0.717) is 6.54 Å². The van der Waals surface area contributed by atoms with Crippen molar-refractivity contribution in [3.05, 3.63) is 0 Å². The molecule has 0 bridgehead atoms. The Balaban J connectivity index is 2.09. The predicted molar refractivity (Wildman–Crippen MR) is 54.8 cm³/mol. The lowest BCUT2D eigenvalue weighted by atomic mass is 10.2. The highest BCUT2D eigenvalue weighted by molar-refractivity contribution is 5.74. The second-order valence-electron chi connectivity index (χ2n) is 3.69. The Morgan fingerprint density at radius 2 is 1.93 bits per heavy atom. The third kappa shape index (κ3) is 5.37. The molecule has 1 amide bonds. The van der Waals surface area contributed by atoms with Crippen molar-refractivity contribution < 1.29 is 14.4 Å². The van der Waals surface area contributed by atoms with Crippen LogP contribution in [0.1, 0.15) is 32.6 Å². The molecule has 0 aromatic rings. The molecule has 1 fully saturated rings. The lowest BCUT2D eigenvalue weighted by Crippen LogP contribution is -2.33. The minimum absolute atomic E-state index is 0.124. The fourth-order valence-corrected chi connectivity index (χ4v) is 1.49. The summed E-state index contributed by atoms with van der Waals surface area (Å²) in [6.45, 7) is 3.43. The molecule has 1 N–H and O–H groups in total. The van der Waals surface area contributed by atoms with E-state index in [2.05, 4.69) is 5.32 Å². The first-order valence-corrected chi connectivity index (χ1v) is 5.38. The van der Waals surface area contributed by atoms with E-state index in [4.69, 9.17) is 4.84 Å². The Morgan fingerprint density at radius 3 is 2.53 bits per heavy atom. The van der Waals surface area contributed by atoms with Gasteiger partial charge < -0.3 is 10.2 Å². The molecule has 0 spiro atoms. The van der Waals surface area contributed by atoms with Crippen molar-refractivity contribution in [3.8, 4) is 0 Å². The first-order chi connectivity index (χ1) is 7.18. The molecule has 0 atom stereocenters. The number of hydrogen-bond acceptors (Lipinski definition) is 4. The van der Waals surface area contributed by atoms with Gasteiger partial charge in [-0.05, 0) is 12.8 Å². The summed E-state index contributed by atoms with van der Waals surface area (Å²) in [6, 6.07) is 0. The Kier molecular flexibility index (Phi) is 5.10. The summed E-state index contributed by atoms with van der Waals surface area (Å²) >= 11 is 0. The van der Waals surface area contributed by atoms with Crippen LogP contribution in [0.5, 0.6) is 0 Å².